The average Bonchev–Trinajstić information content (AvgIpc) is 1.96. The van der Waals surface area contributed by atoms with Crippen LogP contribution >= 0.6 is 0 Å². The maximum Gasteiger partial charge on any atom is 0.0604 e. The van der Waals surface area contributed by atoms with E-state index < -0.39 is 0 Å². The fourth-order valence-electron chi connectivity index (χ4n) is 2.04. The predicted molar refractivity (Wildman–Crippen MR) is 52.0 cm³/mol. The SMILES string of the molecule is C#CCN1C(C)CN(C)CC1C. The highest BCUT2D eigenvalue weighted by Crippen LogP contribution is 2.12. The quantitative estimate of drug-likeness (QED) is 0.528. The van der Waals surface area contributed by atoms with Crippen molar-refractivity contribution >= 4 is 0 Å². The fraction of sp³-hybridized carbons (Fsp3) is 0.800. The Labute approximate surface area is 75.5 Å². The van der Waals surface area contributed by atoms with Crippen molar-refractivity contribution in [2.45, 2.75) is 25.9 Å². The van der Waals surface area contributed by atoms with E-state index in [0.717, 1.165) is 19.6 Å². The lowest BCUT2D eigenvalue weighted by atomic mass is 10.1. The molecule has 0 bridgehead atoms. The Bertz CT molecular complexity index is 171. The summed E-state index contributed by atoms with van der Waals surface area (Å²) < 4.78 is 0. The van der Waals surface area contributed by atoms with E-state index in [1.54, 1.807) is 0 Å². The molecule has 0 spiro atoms. The monoisotopic (exact) mass is 166 g/mol. The number of piperazine rings is 1. The molecule has 0 aromatic carbocycles. The van der Waals surface area contributed by atoms with Gasteiger partial charge in [-0.15, -0.1) is 6.42 Å². The van der Waals surface area contributed by atoms with E-state index in [1.165, 1.54) is 0 Å². The van der Waals surface area contributed by atoms with E-state index in [-0.39, 0.29) is 0 Å². The van der Waals surface area contributed by atoms with Crippen molar-refractivity contribution in [3.8, 4) is 12.3 Å². The molecular formula is C10H18N2. The van der Waals surface area contributed by atoms with Crippen LogP contribution in [0.1, 0.15) is 13.8 Å². The molecule has 0 amide bonds. The Hall–Kier alpha value is -0.520. The largest absolute Gasteiger partial charge is 0.303 e. The number of nitrogens with zero attached hydrogens (tertiary/aromatic N) is 2. The standard InChI is InChI=1S/C10H18N2/c1-5-6-12-9(2)7-11(4)8-10(12)3/h1,9-10H,6-8H2,2-4H3. The number of hydrogen-bond donors (Lipinski definition) is 0. The highest BCUT2D eigenvalue weighted by Gasteiger charge is 2.26. The summed E-state index contributed by atoms with van der Waals surface area (Å²) >= 11 is 0. The third kappa shape index (κ3) is 2.00. The van der Waals surface area contributed by atoms with Gasteiger partial charge in [-0.25, -0.2) is 0 Å². The van der Waals surface area contributed by atoms with Gasteiger partial charge in [-0.1, -0.05) is 5.92 Å². The minimum Gasteiger partial charge on any atom is -0.303 e. The van der Waals surface area contributed by atoms with Gasteiger partial charge in [0.05, 0.1) is 6.54 Å². The van der Waals surface area contributed by atoms with E-state index in [1.807, 2.05) is 0 Å². The van der Waals surface area contributed by atoms with Crippen molar-refractivity contribution in [2.24, 2.45) is 0 Å². The Morgan fingerprint density at radius 3 is 2.25 bits per heavy atom. The van der Waals surface area contributed by atoms with Crippen molar-refractivity contribution in [1.29, 1.82) is 0 Å². The summed E-state index contributed by atoms with van der Waals surface area (Å²) in [7, 11) is 2.17. The van der Waals surface area contributed by atoms with Crippen LogP contribution in [-0.4, -0.2) is 48.6 Å². The van der Waals surface area contributed by atoms with Crippen LogP contribution in [0.15, 0.2) is 0 Å². The van der Waals surface area contributed by atoms with E-state index in [4.69, 9.17) is 6.42 Å². The van der Waals surface area contributed by atoms with Crippen molar-refractivity contribution in [3.63, 3.8) is 0 Å². The summed E-state index contributed by atoms with van der Waals surface area (Å²) in [5.74, 6) is 2.72. The van der Waals surface area contributed by atoms with E-state index in [0.29, 0.717) is 12.1 Å². The van der Waals surface area contributed by atoms with Gasteiger partial charge in [0.25, 0.3) is 0 Å². The molecule has 1 aliphatic rings. The molecule has 2 atom stereocenters. The fourth-order valence-corrected chi connectivity index (χ4v) is 2.04. The molecule has 0 N–H and O–H groups in total. The molecule has 0 aliphatic carbocycles. The summed E-state index contributed by atoms with van der Waals surface area (Å²) in [6.45, 7) is 7.53. The second kappa shape index (κ2) is 3.93. The zero-order chi connectivity index (χ0) is 9.14. The Kier molecular flexibility index (Phi) is 3.13. The van der Waals surface area contributed by atoms with Crippen LogP contribution in [0.25, 0.3) is 0 Å². The number of rotatable bonds is 1. The van der Waals surface area contributed by atoms with Gasteiger partial charge in [0, 0.05) is 25.2 Å². The lowest BCUT2D eigenvalue weighted by molar-refractivity contribution is 0.0646. The first-order valence-electron chi connectivity index (χ1n) is 4.53. The highest BCUT2D eigenvalue weighted by atomic mass is 15.3. The molecule has 1 saturated heterocycles. The van der Waals surface area contributed by atoms with Gasteiger partial charge in [0.2, 0.25) is 0 Å². The topological polar surface area (TPSA) is 6.48 Å². The van der Waals surface area contributed by atoms with E-state index in [9.17, 15) is 0 Å². The molecule has 1 fully saturated rings. The molecule has 2 heteroatoms. The first-order chi connectivity index (χ1) is 5.65. The van der Waals surface area contributed by atoms with Gasteiger partial charge in [0.1, 0.15) is 0 Å². The Morgan fingerprint density at radius 1 is 1.33 bits per heavy atom. The lowest BCUT2D eigenvalue weighted by Gasteiger charge is -2.42. The zero-order valence-electron chi connectivity index (χ0n) is 8.25. The maximum absolute atomic E-state index is 5.31. The summed E-state index contributed by atoms with van der Waals surface area (Å²) in [5, 5.41) is 0. The summed E-state index contributed by atoms with van der Waals surface area (Å²) in [6.07, 6.45) is 5.31. The normalized spacial score (nSPS) is 33.2. The van der Waals surface area contributed by atoms with Crippen molar-refractivity contribution in [3.05, 3.63) is 0 Å². The second-order valence-electron chi connectivity index (χ2n) is 3.80. The van der Waals surface area contributed by atoms with Crippen LogP contribution in [-0.2, 0) is 0 Å². The van der Waals surface area contributed by atoms with Crippen molar-refractivity contribution < 1.29 is 0 Å². The number of hydrogen-bond acceptors (Lipinski definition) is 2. The van der Waals surface area contributed by atoms with E-state index >= 15 is 0 Å². The molecule has 1 rings (SSSR count). The molecule has 2 unspecified atom stereocenters. The molecule has 0 saturated carbocycles. The highest BCUT2D eigenvalue weighted by molar-refractivity contribution is 4.94. The van der Waals surface area contributed by atoms with Gasteiger partial charge >= 0.3 is 0 Å². The third-order valence-corrected chi connectivity index (χ3v) is 2.56. The number of terminal acetylenes is 1. The smallest absolute Gasteiger partial charge is 0.0604 e. The predicted octanol–water partition coefficient (Wildman–Crippen LogP) is 0.644. The van der Waals surface area contributed by atoms with Crippen LogP contribution in [0.4, 0.5) is 0 Å². The third-order valence-electron chi connectivity index (χ3n) is 2.56. The second-order valence-corrected chi connectivity index (χ2v) is 3.80. The zero-order valence-corrected chi connectivity index (χ0v) is 8.25. The Balaban J connectivity index is 2.55. The molecule has 68 valence electrons. The Morgan fingerprint density at radius 2 is 1.83 bits per heavy atom. The molecule has 0 radical (unpaired) electrons. The maximum atomic E-state index is 5.31. The van der Waals surface area contributed by atoms with Gasteiger partial charge in [0.15, 0.2) is 0 Å². The van der Waals surface area contributed by atoms with Gasteiger partial charge in [-0.05, 0) is 20.9 Å². The van der Waals surface area contributed by atoms with Crippen LogP contribution in [0.5, 0.6) is 0 Å². The molecule has 1 aliphatic heterocycles. The summed E-state index contributed by atoms with van der Waals surface area (Å²) in [5.41, 5.74) is 0. The van der Waals surface area contributed by atoms with Crippen LogP contribution in [0.3, 0.4) is 0 Å². The summed E-state index contributed by atoms with van der Waals surface area (Å²) in [4.78, 5) is 4.75. The molecule has 0 aromatic heterocycles. The van der Waals surface area contributed by atoms with Crippen LogP contribution in [0.2, 0.25) is 0 Å². The average molecular weight is 166 g/mol. The first kappa shape index (κ1) is 9.57. The van der Waals surface area contributed by atoms with Crippen molar-refractivity contribution in [1.82, 2.24) is 9.80 Å². The van der Waals surface area contributed by atoms with Gasteiger partial charge in [-0.2, -0.15) is 0 Å². The molecule has 1 heterocycles. The molecular weight excluding hydrogens is 148 g/mol. The van der Waals surface area contributed by atoms with Crippen LogP contribution in [0, 0.1) is 12.3 Å². The number of likely N-dealkylation sites (N-methyl/N-ethyl adjacent to an activating group) is 1. The van der Waals surface area contributed by atoms with E-state index in [2.05, 4.69) is 36.6 Å². The summed E-state index contributed by atoms with van der Waals surface area (Å²) in [6, 6.07) is 1.18. The molecule has 12 heavy (non-hydrogen) atoms. The van der Waals surface area contributed by atoms with Crippen molar-refractivity contribution in [2.75, 3.05) is 26.7 Å². The minimum absolute atomic E-state index is 0.592. The first-order valence-corrected chi connectivity index (χ1v) is 4.53. The van der Waals surface area contributed by atoms with Gasteiger partial charge < -0.3 is 4.90 Å². The minimum atomic E-state index is 0.592. The van der Waals surface area contributed by atoms with Crippen LogP contribution < -0.4 is 0 Å². The lowest BCUT2D eigenvalue weighted by Crippen LogP contribution is -2.55. The van der Waals surface area contributed by atoms with Gasteiger partial charge in [-0.3, -0.25) is 4.90 Å². The molecule has 0 aromatic rings. The molecule has 2 nitrogen and oxygen atoms in total.